The molecule has 2 saturated carbocycles. The Morgan fingerprint density at radius 2 is 1.38 bits per heavy atom. The van der Waals surface area contributed by atoms with Crippen molar-refractivity contribution in [3.8, 4) is 17.2 Å². The summed E-state index contributed by atoms with van der Waals surface area (Å²) in [4.78, 5) is 0. The lowest BCUT2D eigenvalue weighted by atomic mass is 9.93. The molecule has 0 amide bonds. The third-order valence-corrected chi connectivity index (χ3v) is 7.87. The van der Waals surface area contributed by atoms with E-state index in [0.29, 0.717) is 10.8 Å². The Balaban J connectivity index is 1.43. The normalized spacial score (nSPS) is 18.7. The second-order valence-electron chi connectivity index (χ2n) is 10.4. The smallest absolute Gasteiger partial charge is 0.200 e. The Morgan fingerprint density at radius 1 is 0.759 bits per heavy atom. The van der Waals surface area contributed by atoms with E-state index in [1.54, 1.807) is 6.07 Å². The summed E-state index contributed by atoms with van der Waals surface area (Å²) in [5, 5.41) is 30.4. The summed E-state index contributed by atoms with van der Waals surface area (Å²) >= 11 is 0. The Morgan fingerprint density at radius 3 is 2.03 bits per heavy atom. The van der Waals surface area contributed by atoms with E-state index in [9.17, 15) is 15.3 Å². The summed E-state index contributed by atoms with van der Waals surface area (Å²) in [6.07, 6.45) is 19.6. The Bertz CT molecular complexity index is 671. The minimum Gasteiger partial charge on any atom is -0.504 e. The SMILES string of the molecule is CCC1(CCCCCCc2c(CCCCCC3(C)CC3)cc(O)c(O)c2O)CC1. The molecule has 3 rings (SSSR count). The first kappa shape index (κ1) is 22.3. The van der Waals surface area contributed by atoms with Gasteiger partial charge in [-0.2, -0.15) is 0 Å². The molecule has 164 valence electrons. The maximum atomic E-state index is 10.4. The van der Waals surface area contributed by atoms with Gasteiger partial charge < -0.3 is 15.3 Å². The van der Waals surface area contributed by atoms with Crippen LogP contribution in [-0.2, 0) is 12.8 Å². The maximum Gasteiger partial charge on any atom is 0.200 e. The zero-order valence-electron chi connectivity index (χ0n) is 18.7. The van der Waals surface area contributed by atoms with Gasteiger partial charge in [0.25, 0.3) is 0 Å². The molecule has 0 aromatic heterocycles. The molecule has 0 bridgehead atoms. The van der Waals surface area contributed by atoms with Gasteiger partial charge in [0.15, 0.2) is 11.5 Å². The second-order valence-corrected chi connectivity index (χ2v) is 10.4. The van der Waals surface area contributed by atoms with Crippen LogP contribution in [0.5, 0.6) is 17.2 Å². The van der Waals surface area contributed by atoms with Crippen LogP contribution >= 0.6 is 0 Å². The topological polar surface area (TPSA) is 60.7 Å². The lowest BCUT2D eigenvalue weighted by Gasteiger charge is -2.15. The number of aromatic hydroxyl groups is 3. The predicted octanol–water partition coefficient (Wildman–Crippen LogP) is 7.39. The highest BCUT2D eigenvalue weighted by molar-refractivity contribution is 5.57. The highest BCUT2D eigenvalue weighted by atomic mass is 16.3. The molecule has 1 aromatic rings. The van der Waals surface area contributed by atoms with Crippen LogP contribution in [-0.4, -0.2) is 15.3 Å². The van der Waals surface area contributed by atoms with E-state index in [1.165, 1.54) is 77.0 Å². The van der Waals surface area contributed by atoms with E-state index in [0.717, 1.165) is 36.8 Å². The van der Waals surface area contributed by atoms with Crippen LogP contribution in [0.15, 0.2) is 6.07 Å². The van der Waals surface area contributed by atoms with Crippen molar-refractivity contribution in [3.63, 3.8) is 0 Å². The molecule has 2 aliphatic rings. The van der Waals surface area contributed by atoms with Crippen molar-refractivity contribution in [1.82, 2.24) is 0 Å². The predicted molar refractivity (Wildman–Crippen MR) is 120 cm³/mol. The summed E-state index contributed by atoms with van der Waals surface area (Å²) in [5.74, 6) is -0.654. The molecule has 0 radical (unpaired) electrons. The van der Waals surface area contributed by atoms with Gasteiger partial charge in [-0.1, -0.05) is 52.4 Å². The molecule has 3 heteroatoms. The Kier molecular flexibility index (Phi) is 7.40. The molecule has 0 saturated heterocycles. The monoisotopic (exact) mass is 402 g/mol. The van der Waals surface area contributed by atoms with Gasteiger partial charge in [-0.25, -0.2) is 0 Å². The van der Waals surface area contributed by atoms with E-state index in [-0.39, 0.29) is 17.2 Å². The second kappa shape index (κ2) is 9.62. The van der Waals surface area contributed by atoms with E-state index in [2.05, 4.69) is 13.8 Å². The lowest BCUT2D eigenvalue weighted by molar-refractivity contribution is 0.363. The van der Waals surface area contributed by atoms with Crippen molar-refractivity contribution in [1.29, 1.82) is 0 Å². The summed E-state index contributed by atoms with van der Waals surface area (Å²) in [7, 11) is 0. The molecular weight excluding hydrogens is 360 g/mol. The van der Waals surface area contributed by atoms with Gasteiger partial charge >= 0.3 is 0 Å². The van der Waals surface area contributed by atoms with Crippen LogP contribution in [0.4, 0.5) is 0 Å². The average molecular weight is 403 g/mol. The van der Waals surface area contributed by atoms with Crippen LogP contribution in [0.2, 0.25) is 0 Å². The molecular formula is C26H42O3. The van der Waals surface area contributed by atoms with Gasteiger partial charge in [0.05, 0.1) is 0 Å². The first-order valence-corrected chi connectivity index (χ1v) is 12.1. The van der Waals surface area contributed by atoms with Crippen LogP contribution < -0.4 is 0 Å². The van der Waals surface area contributed by atoms with Crippen LogP contribution in [0, 0.1) is 10.8 Å². The minimum atomic E-state index is -0.357. The summed E-state index contributed by atoms with van der Waals surface area (Å²) in [5.41, 5.74) is 3.17. The van der Waals surface area contributed by atoms with Crippen molar-refractivity contribution in [3.05, 3.63) is 17.2 Å². The van der Waals surface area contributed by atoms with Gasteiger partial charge in [-0.05, 0) is 86.7 Å². The lowest BCUT2D eigenvalue weighted by Crippen LogP contribution is -1.99. The molecule has 0 unspecified atom stereocenters. The molecule has 29 heavy (non-hydrogen) atoms. The number of rotatable bonds is 14. The zero-order chi connectivity index (χ0) is 20.9. The summed E-state index contributed by atoms with van der Waals surface area (Å²) < 4.78 is 0. The van der Waals surface area contributed by atoms with E-state index in [1.807, 2.05) is 0 Å². The van der Waals surface area contributed by atoms with Gasteiger partial charge in [0, 0.05) is 5.56 Å². The Hall–Kier alpha value is -1.38. The maximum absolute atomic E-state index is 10.4. The first-order valence-electron chi connectivity index (χ1n) is 12.1. The molecule has 0 atom stereocenters. The number of hydrogen-bond acceptors (Lipinski definition) is 3. The molecule has 3 N–H and O–H groups in total. The van der Waals surface area contributed by atoms with Crippen molar-refractivity contribution in [2.24, 2.45) is 10.8 Å². The summed E-state index contributed by atoms with van der Waals surface area (Å²) in [6, 6.07) is 1.67. The number of phenolic OH excluding ortho intramolecular Hbond substituents is 3. The van der Waals surface area contributed by atoms with Gasteiger partial charge in [-0.15, -0.1) is 0 Å². The van der Waals surface area contributed by atoms with Gasteiger partial charge in [-0.3, -0.25) is 0 Å². The van der Waals surface area contributed by atoms with E-state index in [4.69, 9.17) is 0 Å². The molecule has 2 aliphatic carbocycles. The molecule has 2 fully saturated rings. The third-order valence-electron chi connectivity index (χ3n) is 7.87. The van der Waals surface area contributed by atoms with Crippen LogP contribution in [0.25, 0.3) is 0 Å². The fourth-order valence-electron chi connectivity index (χ4n) is 4.86. The fourth-order valence-corrected chi connectivity index (χ4v) is 4.86. The van der Waals surface area contributed by atoms with E-state index >= 15 is 0 Å². The van der Waals surface area contributed by atoms with Crippen molar-refractivity contribution >= 4 is 0 Å². The molecule has 0 heterocycles. The number of benzene rings is 1. The highest BCUT2D eigenvalue weighted by Gasteiger charge is 2.39. The third kappa shape index (κ3) is 6.30. The minimum absolute atomic E-state index is 0.103. The highest BCUT2D eigenvalue weighted by Crippen LogP contribution is 2.52. The zero-order valence-corrected chi connectivity index (χ0v) is 18.7. The number of hydrogen-bond donors (Lipinski definition) is 3. The molecule has 0 spiro atoms. The van der Waals surface area contributed by atoms with Crippen LogP contribution in [0.3, 0.4) is 0 Å². The number of aryl methyl sites for hydroxylation is 1. The molecule has 1 aromatic carbocycles. The van der Waals surface area contributed by atoms with Crippen LogP contribution in [0.1, 0.15) is 115 Å². The summed E-state index contributed by atoms with van der Waals surface area (Å²) in [6.45, 7) is 4.70. The number of phenols is 3. The van der Waals surface area contributed by atoms with E-state index < -0.39 is 0 Å². The standard InChI is InChI=1S/C26H42O3/c1-3-26(17-18-26)14-10-5-4-8-12-21-20(19-22(27)24(29)23(21)28)11-7-6-9-13-25(2)15-16-25/h19,27-29H,3-18H2,1-2H3. The number of unbranched alkanes of at least 4 members (excludes halogenated alkanes) is 5. The largest absolute Gasteiger partial charge is 0.504 e. The van der Waals surface area contributed by atoms with Crippen molar-refractivity contribution in [2.45, 2.75) is 117 Å². The van der Waals surface area contributed by atoms with Crippen molar-refractivity contribution in [2.75, 3.05) is 0 Å². The Labute approximate surface area is 177 Å². The first-order chi connectivity index (χ1) is 13.9. The molecule has 3 nitrogen and oxygen atoms in total. The van der Waals surface area contributed by atoms with Gasteiger partial charge in [0.2, 0.25) is 5.75 Å². The van der Waals surface area contributed by atoms with Crippen molar-refractivity contribution < 1.29 is 15.3 Å². The van der Waals surface area contributed by atoms with Gasteiger partial charge in [0.1, 0.15) is 0 Å². The quantitative estimate of drug-likeness (QED) is 0.224. The molecule has 0 aliphatic heterocycles. The average Bonchev–Trinajstić information content (AvgIpc) is 3.63. The fraction of sp³-hybridized carbons (Fsp3) is 0.769.